The third-order valence-corrected chi connectivity index (χ3v) is 2.89. The Bertz CT molecular complexity index is 424. The summed E-state index contributed by atoms with van der Waals surface area (Å²) in [7, 11) is 0. The minimum absolute atomic E-state index is 0.246. The van der Waals surface area contributed by atoms with Crippen LogP contribution in [0.3, 0.4) is 0 Å². The first-order valence-electron chi connectivity index (χ1n) is 5.63. The quantitative estimate of drug-likeness (QED) is 0.865. The van der Waals surface area contributed by atoms with E-state index in [2.05, 4.69) is 10.6 Å². The van der Waals surface area contributed by atoms with E-state index in [9.17, 15) is 18.0 Å². The Morgan fingerprint density at radius 3 is 2.33 bits per heavy atom. The van der Waals surface area contributed by atoms with Crippen molar-refractivity contribution in [2.45, 2.75) is 6.18 Å². The van der Waals surface area contributed by atoms with Gasteiger partial charge in [0.15, 0.2) is 0 Å². The van der Waals surface area contributed by atoms with Gasteiger partial charge in [-0.2, -0.15) is 13.2 Å². The van der Waals surface area contributed by atoms with Gasteiger partial charge >= 0.3 is 6.18 Å². The van der Waals surface area contributed by atoms with E-state index in [1.54, 1.807) is 0 Å². The average molecular weight is 258 g/mol. The normalized spacial score (nSPS) is 16.2. The second-order valence-electron chi connectivity index (χ2n) is 4.31. The molecule has 2 rings (SSSR count). The minimum atomic E-state index is -4.37. The first-order chi connectivity index (χ1) is 8.47. The number of carbonyl (C=O) groups is 1. The average Bonchev–Trinajstić information content (AvgIpc) is 2.26. The maximum atomic E-state index is 12.3. The monoisotopic (exact) mass is 258 g/mol. The van der Waals surface area contributed by atoms with Gasteiger partial charge in [-0.25, -0.2) is 0 Å². The van der Waals surface area contributed by atoms with Gasteiger partial charge in [0.05, 0.1) is 5.56 Å². The maximum Gasteiger partial charge on any atom is 0.416 e. The lowest BCUT2D eigenvalue weighted by Gasteiger charge is -2.27. The summed E-state index contributed by atoms with van der Waals surface area (Å²) in [6, 6.07) is 4.22. The summed E-state index contributed by atoms with van der Waals surface area (Å²) in [4.78, 5) is 11.6. The zero-order valence-corrected chi connectivity index (χ0v) is 9.55. The van der Waals surface area contributed by atoms with Crippen LogP contribution in [-0.2, 0) is 6.18 Å². The topological polar surface area (TPSA) is 41.1 Å². The number of amides is 1. The fourth-order valence-corrected chi connectivity index (χ4v) is 1.64. The van der Waals surface area contributed by atoms with Crippen LogP contribution in [0.25, 0.3) is 0 Å². The third kappa shape index (κ3) is 3.01. The molecule has 1 saturated heterocycles. The third-order valence-electron chi connectivity index (χ3n) is 2.89. The van der Waals surface area contributed by atoms with Gasteiger partial charge in [-0.05, 0) is 24.3 Å². The number of alkyl halides is 3. The molecule has 0 bridgehead atoms. The summed E-state index contributed by atoms with van der Waals surface area (Å²) < 4.78 is 37.0. The molecule has 6 heteroatoms. The van der Waals surface area contributed by atoms with Crippen LogP contribution >= 0.6 is 0 Å². The summed E-state index contributed by atoms with van der Waals surface area (Å²) in [6.07, 6.45) is -4.37. The summed E-state index contributed by atoms with van der Waals surface area (Å²) in [5.74, 6) is 0.0824. The number of hydrogen-bond donors (Lipinski definition) is 2. The Morgan fingerprint density at radius 1 is 1.28 bits per heavy atom. The predicted octanol–water partition coefficient (Wildman–Crippen LogP) is 1.65. The molecule has 2 N–H and O–H groups in total. The SMILES string of the molecule is O=C(NCC1CNC1)c1ccc(C(F)(F)F)cc1. The predicted molar refractivity (Wildman–Crippen MR) is 60.1 cm³/mol. The standard InChI is InChI=1S/C12H13F3N2O/c13-12(14,15)10-3-1-9(2-4-10)11(18)17-7-8-5-16-6-8/h1-4,8,16H,5-7H2,(H,17,18). The molecular weight excluding hydrogens is 245 g/mol. The van der Waals surface area contributed by atoms with Crippen molar-refractivity contribution in [1.82, 2.24) is 10.6 Å². The summed E-state index contributed by atoms with van der Waals surface area (Å²) in [6.45, 7) is 2.29. The molecule has 1 amide bonds. The van der Waals surface area contributed by atoms with Crippen LogP contribution in [0.2, 0.25) is 0 Å². The Labute approximate surface area is 102 Å². The van der Waals surface area contributed by atoms with Crippen molar-refractivity contribution in [3.63, 3.8) is 0 Å². The highest BCUT2D eigenvalue weighted by molar-refractivity contribution is 5.94. The molecule has 1 heterocycles. The molecule has 1 fully saturated rings. The number of carbonyl (C=O) groups excluding carboxylic acids is 1. The molecule has 98 valence electrons. The van der Waals surface area contributed by atoms with Crippen LogP contribution < -0.4 is 10.6 Å². The lowest BCUT2D eigenvalue weighted by atomic mass is 10.0. The lowest BCUT2D eigenvalue weighted by Crippen LogP contribution is -2.48. The molecule has 0 spiro atoms. The molecule has 1 aromatic rings. The number of nitrogens with one attached hydrogen (secondary N) is 2. The van der Waals surface area contributed by atoms with Gasteiger partial charge in [0.1, 0.15) is 0 Å². The first-order valence-corrected chi connectivity index (χ1v) is 5.63. The Balaban J connectivity index is 1.93. The van der Waals surface area contributed by atoms with Crippen LogP contribution in [0.4, 0.5) is 13.2 Å². The van der Waals surface area contributed by atoms with Crippen molar-refractivity contribution >= 4 is 5.91 Å². The number of halogens is 3. The van der Waals surface area contributed by atoms with Crippen molar-refractivity contribution < 1.29 is 18.0 Å². The molecule has 18 heavy (non-hydrogen) atoms. The fraction of sp³-hybridized carbons (Fsp3) is 0.417. The number of rotatable bonds is 3. The molecule has 1 aromatic carbocycles. The molecule has 1 aliphatic heterocycles. The van der Waals surface area contributed by atoms with Crippen molar-refractivity contribution in [2.24, 2.45) is 5.92 Å². The van der Waals surface area contributed by atoms with Gasteiger partial charge in [-0.3, -0.25) is 4.79 Å². The molecule has 0 aliphatic carbocycles. The summed E-state index contributed by atoms with van der Waals surface area (Å²) >= 11 is 0. The number of benzene rings is 1. The van der Waals surface area contributed by atoms with Crippen molar-refractivity contribution in [3.05, 3.63) is 35.4 Å². The summed E-state index contributed by atoms with van der Waals surface area (Å²) in [5, 5.41) is 5.77. The van der Waals surface area contributed by atoms with Gasteiger partial charge in [0.25, 0.3) is 5.91 Å². The molecule has 0 atom stereocenters. The molecule has 3 nitrogen and oxygen atoms in total. The number of hydrogen-bond acceptors (Lipinski definition) is 2. The van der Waals surface area contributed by atoms with Crippen LogP contribution in [0.1, 0.15) is 15.9 Å². The molecule has 0 unspecified atom stereocenters. The van der Waals surface area contributed by atoms with E-state index >= 15 is 0 Å². The van der Waals surface area contributed by atoms with Crippen molar-refractivity contribution in [1.29, 1.82) is 0 Å². The molecular formula is C12H13F3N2O. The molecule has 0 radical (unpaired) electrons. The molecule has 1 aliphatic rings. The molecule has 0 aromatic heterocycles. The van der Waals surface area contributed by atoms with Gasteiger partial charge in [-0.1, -0.05) is 0 Å². The van der Waals surface area contributed by atoms with E-state index in [0.29, 0.717) is 12.5 Å². The summed E-state index contributed by atoms with van der Waals surface area (Å²) in [5.41, 5.74) is -0.502. The van der Waals surface area contributed by atoms with E-state index in [0.717, 1.165) is 25.2 Å². The second-order valence-corrected chi connectivity index (χ2v) is 4.31. The van der Waals surface area contributed by atoms with E-state index in [4.69, 9.17) is 0 Å². The highest BCUT2D eigenvalue weighted by Crippen LogP contribution is 2.29. The van der Waals surface area contributed by atoms with Crippen molar-refractivity contribution in [2.75, 3.05) is 19.6 Å². The van der Waals surface area contributed by atoms with Gasteiger partial charge < -0.3 is 10.6 Å². The lowest BCUT2D eigenvalue weighted by molar-refractivity contribution is -0.137. The van der Waals surface area contributed by atoms with E-state index in [-0.39, 0.29) is 11.5 Å². The largest absolute Gasteiger partial charge is 0.416 e. The Kier molecular flexibility index (Phi) is 3.56. The molecule has 0 saturated carbocycles. The zero-order chi connectivity index (χ0) is 13.2. The Morgan fingerprint density at radius 2 is 1.89 bits per heavy atom. The zero-order valence-electron chi connectivity index (χ0n) is 9.55. The smallest absolute Gasteiger partial charge is 0.352 e. The van der Waals surface area contributed by atoms with Crippen LogP contribution in [0, 0.1) is 5.92 Å². The fourth-order valence-electron chi connectivity index (χ4n) is 1.64. The van der Waals surface area contributed by atoms with E-state index in [1.807, 2.05) is 0 Å². The van der Waals surface area contributed by atoms with Crippen LogP contribution in [0.5, 0.6) is 0 Å². The van der Waals surface area contributed by atoms with Crippen LogP contribution in [-0.4, -0.2) is 25.5 Å². The van der Waals surface area contributed by atoms with E-state index < -0.39 is 11.7 Å². The van der Waals surface area contributed by atoms with Crippen LogP contribution in [0.15, 0.2) is 24.3 Å². The highest BCUT2D eigenvalue weighted by atomic mass is 19.4. The highest BCUT2D eigenvalue weighted by Gasteiger charge is 2.30. The maximum absolute atomic E-state index is 12.3. The second kappa shape index (κ2) is 4.97. The first kappa shape index (κ1) is 12.9. The van der Waals surface area contributed by atoms with Gasteiger partial charge in [-0.15, -0.1) is 0 Å². The van der Waals surface area contributed by atoms with Gasteiger partial charge in [0, 0.05) is 31.1 Å². The van der Waals surface area contributed by atoms with Gasteiger partial charge in [0.2, 0.25) is 0 Å². The van der Waals surface area contributed by atoms with Crippen molar-refractivity contribution in [3.8, 4) is 0 Å². The van der Waals surface area contributed by atoms with E-state index in [1.165, 1.54) is 12.1 Å². The minimum Gasteiger partial charge on any atom is -0.352 e. The Hall–Kier alpha value is -1.56.